The maximum absolute atomic E-state index is 14.3. The number of aryl methyl sites for hydroxylation is 1. The fourth-order valence-electron chi connectivity index (χ4n) is 1.92. The van der Waals surface area contributed by atoms with E-state index in [1.54, 1.807) is 0 Å². The van der Waals surface area contributed by atoms with E-state index in [-0.39, 0.29) is 22.9 Å². The predicted molar refractivity (Wildman–Crippen MR) is 68.6 cm³/mol. The van der Waals surface area contributed by atoms with E-state index < -0.39 is 23.2 Å². The van der Waals surface area contributed by atoms with Crippen LogP contribution in [0.3, 0.4) is 0 Å². The monoisotopic (exact) mass is 298 g/mol. The van der Waals surface area contributed by atoms with E-state index in [4.69, 9.17) is 14.6 Å². The molecule has 0 aliphatic rings. The highest BCUT2D eigenvalue weighted by molar-refractivity contribution is 5.87. The van der Waals surface area contributed by atoms with Gasteiger partial charge in [-0.3, -0.25) is 4.68 Å². The van der Waals surface area contributed by atoms with Gasteiger partial charge in [0.05, 0.1) is 25.5 Å². The molecular weight excluding hydrogens is 286 g/mol. The van der Waals surface area contributed by atoms with Crippen LogP contribution in [0.4, 0.5) is 8.78 Å². The van der Waals surface area contributed by atoms with Crippen LogP contribution >= 0.6 is 0 Å². The summed E-state index contributed by atoms with van der Waals surface area (Å²) in [5.41, 5.74) is -0.832. The van der Waals surface area contributed by atoms with Gasteiger partial charge < -0.3 is 14.6 Å². The highest BCUT2D eigenvalue weighted by atomic mass is 19.1. The first-order chi connectivity index (χ1) is 9.90. The van der Waals surface area contributed by atoms with E-state index >= 15 is 0 Å². The fraction of sp³-hybridized carbons (Fsp3) is 0.231. The molecular formula is C13H12F2N2O4. The van der Waals surface area contributed by atoms with Crippen molar-refractivity contribution in [3.63, 3.8) is 0 Å². The minimum Gasteiger partial charge on any atom is -0.494 e. The number of methoxy groups -OCH3 is 2. The van der Waals surface area contributed by atoms with Crippen molar-refractivity contribution < 1.29 is 28.2 Å². The van der Waals surface area contributed by atoms with Crippen LogP contribution in [0.25, 0.3) is 11.3 Å². The molecule has 0 bridgehead atoms. The second-order valence-electron chi connectivity index (χ2n) is 4.13. The number of ether oxygens (including phenoxy) is 2. The van der Waals surface area contributed by atoms with Gasteiger partial charge in [0.15, 0.2) is 28.8 Å². The van der Waals surface area contributed by atoms with Gasteiger partial charge in [-0.25, -0.2) is 13.6 Å². The lowest BCUT2D eigenvalue weighted by molar-refractivity contribution is 0.0689. The molecule has 21 heavy (non-hydrogen) atoms. The van der Waals surface area contributed by atoms with E-state index in [0.29, 0.717) is 0 Å². The Morgan fingerprint density at radius 1 is 1.19 bits per heavy atom. The van der Waals surface area contributed by atoms with Crippen molar-refractivity contribution in [3.05, 3.63) is 29.5 Å². The van der Waals surface area contributed by atoms with Crippen LogP contribution in [-0.2, 0) is 7.05 Å². The Morgan fingerprint density at radius 2 is 1.71 bits per heavy atom. The Bertz CT molecular complexity index is 684. The van der Waals surface area contributed by atoms with Gasteiger partial charge in [0.25, 0.3) is 0 Å². The Kier molecular flexibility index (Phi) is 3.79. The molecule has 0 unspecified atom stereocenters. The zero-order chi connectivity index (χ0) is 15.7. The molecule has 2 aromatic rings. The van der Waals surface area contributed by atoms with Gasteiger partial charge in [-0.1, -0.05) is 0 Å². The lowest BCUT2D eigenvalue weighted by atomic mass is 10.1. The fourth-order valence-corrected chi connectivity index (χ4v) is 1.92. The number of aromatic carboxylic acids is 1. The molecule has 0 amide bonds. The summed E-state index contributed by atoms with van der Waals surface area (Å²) in [4.78, 5) is 10.9. The quantitative estimate of drug-likeness (QED) is 0.935. The van der Waals surface area contributed by atoms with Crippen molar-refractivity contribution in [1.29, 1.82) is 0 Å². The van der Waals surface area contributed by atoms with Gasteiger partial charge in [-0.05, 0) is 6.07 Å². The van der Waals surface area contributed by atoms with Crippen LogP contribution in [0.5, 0.6) is 11.5 Å². The minimum absolute atomic E-state index is 0.0420. The van der Waals surface area contributed by atoms with Crippen LogP contribution in [0.15, 0.2) is 12.1 Å². The number of halogens is 2. The number of carboxylic acids is 1. The van der Waals surface area contributed by atoms with Gasteiger partial charge >= 0.3 is 5.97 Å². The van der Waals surface area contributed by atoms with Gasteiger partial charge in [0.1, 0.15) is 0 Å². The van der Waals surface area contributed by atoms with Crippen LogP contribution in [-0.4, -0.2) is 35.1 Å². The average Bonchev–Trinajstić information content (AvgIpc) is 2.82. The number of benzene rings is 1. The molecule has 0 aliphatic carbocycles. The predicted octanol–water partition coefficient (Wildman–Crippen LogP) is 2.08. The molecule has 0 aliphatic heterocycles. The third-order valence-corrected chi connectivity index (χ3v) is 2.93. The molecule has 1 N–H and O–H groups in total. The van der Waals surface area contributed by atoms with Gasteiger partial charge in [0.2, 0.25) is 0 Å². The largest absolute Gasteiger partial charge is 0.494 e. The number of carbonyl (C=O) groups is 1. The molecule has 112 valence electrons. The van der Waals surface area contributed by atoms with Crippen LogP contribution < -0.4 is 9.47 Å². The summed E-state index contributed by atoms with van der Waals surface area (Å²) in [5.74, 6) is -3.67. The summed E-state index contributed by atoms with van der Waals surface area (Å²) in [6, 6.07) is 2.14. The first-order valence-corrected chi connectivity index (χ1v) is 5.78. The molecule has 6 nitrogen and oxygen atoms in total. The Hall–Kier alpha value is -2.64. The van der Waals surface area contributed by atoms with Crippen LogP contribution in [0.1, 0.15) is 10.5 Å². The summed E-state index contributed by atoms with van der Waals surface area (Å²) in [5, 5.41) is 12.6. The second-order valence-corrected chi connectivity index (χ2v) is 4.13. The molecule has 1 heterocycles. The highest BCUT2D eigenvalue weighted by Crippen LogP contribution is 2.37. The summed E-state index contributed by atoms with van der Waals surface area (Å²) in [6.45, 7) is 0. The second kappa shape index (κ2) is 5.39. The van der Waals surface area contributed by atoms with Crippen molar-refractivity contribution in [2.75, 3.05) is 14.2 Å². The number of hydrogen-bond donors (Lipinski definition) is 1. The SMILES string of the molecule is COc1cc(OC)c(F)c(-c2cc(C(=O)O)nn2C)c1F. The van der Waals surface area contributed by atoms with Crippen molar-refractivity contribution >= 4 is 5.97 Å². The lowest BCUT2D eigenvalue weighted by Crippen LogP contribution is -2.03. The standard InChI is InChI=1S/C13H12F2N2O4/c1-17-7(4-6(16-17)13(18)19)10-11(14)8(20-2)5-9(21-3)12(10)15/h4-5H,1-3H3,(H,18,19). The zero-order valence-electron chi connectivity index (χ0n) is 11.5. The number of nitrogens with zero attached hydrogens (tertiary/aromatic N) is 2. The molecule has 0 radical (unpaired) electrons. The number of aromatic nitrogens is 2. The third kappa shape index (κ3) is 2.39. The van der Waals surface area contributed by atoms with E-state index in [2.05, 4.69) is 5.10 Å². The minimum atomic E-state index is -1.30. The van der Waals surface area contributed by atoms with Gasteiger partial charge in [0, 0.05) is 13.1 Å². The molecule has 0 fully saturated rings. The van der Waals surface area contributed by atoms with E-state index in [1.807, 2.05) is 0 Å². The number of carboxylic acid groups (broad SMARTS) is 1. The number of hydrogen-bond acceptors (Lipinski definition) is 4. The number of rotatable bonds is 4. The Morgan fingerprint density at radius 3 is 2.10 bits per heavy atom. The van der Waals surface area contributed by atoms with Crippen molar-refractivity contribution in [2.24, 2.45) is 7.05 Å². The molecule has 0 atom stereocenters. The Labute approximate surface area is 118 Å². The van der Waals surface area contributed by atoms with E-state index in [1.165, 1.54) is 21.3 Å². The Balaban J connectivity index is 2.76. The zero-order valence-corrected chi connectivity index (χ0v) is 11.5. The smallest absolute Gasteiger partial charge is 0.356 e. The molecule has 2 rings (SSSR count). The molecule has 0 saturated heterocycles. The molecule has 8 heteroatoms. The molecule has 1 aromatic heterocycles. The van der Waals surface area contributed by atoms with Crippen molar-refractivity contribution in [2.45, 2.75) is 0 Å². The molecule has 0 saturated carbocycles. The van der Waals surface area contributed by atoms with Crippen LogP contribution in [0.2, 0.25) is 0 Å². The first-order valence-electron chi connectivity index (χ1n) is 5.78. The van der Waals surface area contributed by atoms with E-state index in [9.17, 15) is 13.6 Å². The first kappa shape index (κ1) is 14.8. The normalized spacial score (nSPS) is 10.5. The summed E-state index contributed by atoms with van der Waals surface area (Å²) in [7, 11) is 3.84. The summed E-state index contributed by atoms with van der Waals surface area (Å²) in [6.07, 6.45) is 0. The van der Waals surface area contributed by atoms with Crippen molar-refractivity contribution in [3.8, 4) is 22.8 Å². The molecule has 1 aromatic carbocycles. The maximum Gasteiger partial charge on any atom is 0.356 e. The van der Waals surface area contributed by atoms with Crippen molar-refractivity contribution in [1.82, 2.24) is 9.78 Å². The summed E-state index contributed by atoms with van der Waals surface area (Å²) >= 11 is 0. The third-order valence-electron chi connectivity index (χ3n) is 2.93. The van der Waals surface area contributed by atoms with Gasteiger partial charge in [-0.15, -0.1) is 0 Å². The lowest BCUT2D eigenvalue weighted by Gasteiger charge is -2.12. The average molecular weight is 298 g/mol. The summed E-state index contributed by atoms with van der Waals surface area (Å²) < 4.78 is 39.4. The maximum atomic E-state index is 14.3. The van der Waals surface area contributed by atoms with Crippen LogP contribution in [0, 0.1) is 11.6 Å². The molecule has 0 spiro atoms. The highest BCUT2D eigenvalue weighted by Gasteiger charge is 2.25. The van der Waals surface area contributed by atoms with Gasteiger partial charge in [-0.2, -0.15) is 5.10 Å². The topological polar surface area (TPSA) is 73.6 Å². The van der Waals surface area contributed by atoms with E-state index in [0.717, 1.165) is 16.8 Å².